The van der Waals surface area contributed by atoms with Gasteiger partial charge in [-0.3, -0.25) is 10.1 Å². The average Bonchev–Trinajstić information content (AvgIpc) is 3.46. The first-order valence-corrected chi connectivity index (χ1v) is 11.2. The van der Waals surface area contributed by atoms with Gasteiger partial charge in [0.25, 0.3) is 5.69 Å². The second-order valence-corrected chi connectivity index (χ2v) is 9.52. The van der Waals surface area contributed by atoms with Gasteiger partial charge >= 0.3 is 5.97 Å². The number of nitro groups is 1. The van der Waals surface area contributed by atoms with Crippen LogP contribution in [0.3, 0.4) is 0 Å². The molecule has 3 aliphatic rings. The lowest BCUT2D eigenvalue weighted by Crippen LogP contribution is -2.56. The fourth-order valence-corrected chi connectivity index (χ4v) is 4.46. The zero-order chi connectivity index (χ0) is 25.0. The fourth-order valence-electron chi connectivity index (χ4n) is 4.46. The number of aromatic nitrogens is 3. The van der Waals surface area contributed by atoms with E-state index in [-0.39, 0.29) is 24.0 Å². The van der Waals surface area contributed by atoms with Crippen molar-refractivity contribution in [1.82, 2.24) is 15.0 Å². The summed E-state index contributed by atoms with van der Waals surface area (Å²) in [6.07, 6.45) is -0.613. The van der Waals surface area contributed by atoms with Gasteiger partial charge in [0.1, 0.15) is 36.7 Å². The van der Waals surface area contributed by atoms with Crippen molar-refractivity contribution in [2.45, 2.75) is 83.1 Å². The Labute approximate surface area is 200 Å². The molecule has 0 saturated carbocycles. The van der Waals surface area contributed by atoms with Crippen LogP contribution in [0.4, 0.5) is 5.69 Å². The standard InChI is InChI=1S/C22H26N4O9/c1-21(2)32-16-15(31-20-18(17(16)33-21)34-22(3,4)35-20)10-25-9-13(23-24-25)11-30-19(27)12-5-7-14(8-6-12)26(28)29/h5-9,15-18,20H,10-11H2,1-4H3/t15?,16-,17-,18-,20+/m0/s1. The smallest absolute Gasteiger partial charge is 0.338 e. The lowest BCUT2D eigenvalue weighted by atomic mass is 9.99. The Morgan fingerprint density at radius 3 is 2.43 bits per heavy atom. The molecular formula is C22H26N4O9. The summed E-state index contributed by atoms with van der Waals surface area (Å²) in [5.74, 6) is -2.24. The molecule has 2 aromatic rings. The summed E-state index contributed by atoms with van der Waals surface area (Å²) < 4.78 is 37.1. The van der Waals surface area contributed by atoms with Gasteiger partial charge in [-0.25, -0.2) is 9.48 Å². The molecule has 4 heterocycles. The molecule has 3 saturated heterocycles. The minimum absolute atomic E-state index is 0.110. The Morgan fingerprint density at radius 1 is 1.06 bits per heavy atom. The van der Waals surface area contributed by atoms with Crippen molar-refractivity contribution >= 4 is 11.7 Å². The quantitative estimate of drug-likeness (QED) is 0.332. The number of fused-ring (bicyclic) bond motifs is 3. The van der Waals surface area contributed by atoms with Crippen molar-refractivity contribution < 1.29 is 38.1 Å². The number of ether oxygens (including phenoxy) is 6. The molecule has 13 heteroatoms. The zero-order valence-corrected chi connectivity index (χ0v) is 19.7. The van der Waals surface area contributed by atoms with E-state index in [4.69, 9.17) is 28.4 Å². The van der Waals surface area contributed by atoms with Crippen LogP contribution in [-0.2, 0) is 41.6 Å². The first-order valence-electron chi connectivity index (χ1n) is 11.2. The third-order valence-electron chi connectivity index (χ3n) is 5.87. The van der Waals surface area contributed by atoms with Gasteiger partial charge < -0.3 is 28.4 Å². The van der Waals surface area contributed by atoms with E-state index >= 15 is 0 Å². The average molecular weight is 490 g/mol. The number of nitro benzene ring substituents is 1. The largest absolute Gasteiger partial charge is 0.455 e. The van der Waals surface area contributed by atoms with Crippen molar-refractivity contribution in [1.29, 1.82) is 0 Å². The van der Waals surface area contributed by atoms with Crippen molar-refractivity contribution in [3.05, 3.63) is 51.8 Å². The van der Waals surface area contributed by atoms with Gasteiger partial charge in [-0.2, -0.15) is 0 Å². The number of esters is 1. The molecule has 0 N–H and O–H groups in total. The molecule has 5 atom stereocenters. The fraction of sp³-hybridized carbons (Fsp3) is 0.591. The summed E-state index contributed by atoms with van der Waals surface area (Å²) in [4.78, 5) is 22.5. The maximum Gasteiger partial charge on any atom is 0.338 e. The number of carbonyl (C=O) groups is 1. The lowest BCUT2D eigenvalue weighted by Gasteiger charge is -2.37. The third kappa shape index (κ3) is 4.90. The predicted octanol–water partition coefficient (Wildman–Crippen LogP) is 1.94. The van der Waals surface area contributed by atoms with Crippen LogP contribution >= 0.6 is 0 Å². The van der Waals surface area contributed by atoms with Crippen molar-refractivity contribution in [2.75, 3.05) is 0 Å². The van der Waals surface area contributed by atoms with Crippen LogP contribution in [0.1, 0.15) is 43.7 Å². The van der Waals surface area contributed by atoms with E-state index in [1.54, 1.807) is 10.9 Å². The summed E-state index contributed by atoms with van der Waals surface area (Å²) in [5.41, 5.74) is 0.513. The minimum atomic E-state index is -0.807. The number of hydrogen-bond donors (Lipinski definition) is 0. The van der Waals surface area contributed by atoms with Gasteiger partial charge in [0, 0.05) is 12.1 Å². The number of rotatable bonds is 6. The van der Waals surface area contributed by atoms with Crippen molar-refractivity contribution in [3.63, 3.8) is 0 Å². The summed E-state index contributed by atoms with van der Waals surface area (Å²) in [7, 11) is 0. The molecule has 0 spiro atoms. The topological polar surface area (TPSA) is 146 Å². The highest BCUT2D eigenvalue weighted by Gasteiger charge is 2.60. The highest BCUT2D eigenvalue weighted by molar-refractivity contribution is 5.89. The van der Waals surface area contributed by atoms with Gasteiger partial charge in [-0.1, -0.05) is 5.21 Å². The van der Waals surface area contributed by atoms with Crippen molar-refractivity contribution in [3.8, 4) is 0 Å². The molecule has 35 heavy (non-hydrogen) atoms. The summed E-state index contributed by atoms with van der Waals surface area (Å²) >= 11 is 0. The van der Waals surface area contributed by atoms with Crippen molar-refractivity contribution in [2.24, 2.45) is 0 Å². The molecule has 3 aliphatic heterocycles. The monoisotopic (exact) mass is 490 g/mol. The van der Waals surface area contributed by atoms with Crippen LogP contribution in [0.15, 0.2) is 30.5 Å². The Balaban J connectivity index is 1.22. The Kier molecular flexibility index (Phi) is 5.84. The zero-order valence-electron chi connectivity index (χ0n) is 19.7. The van der Waals surface area contributed by atoms with Gasteiger partial charge in [0.15, 0.2) is 17.9 Å². The number of hydrogen-bond acceptors (Lipinski definition) is 11. The van der Waals surface area contributed by atoms with E-state index in [2.05, 4.69) is 10.3 Å². The minimum Gasteiger partial charge on any atom is -0.455 e. The molecule has 0 aliphatic carbocycles. The van der Waals surface area contributed by atoms with E-state index in [0.29, 0.717) is 12.2 Å². The number of non-ortho nitro benzene ring substituents is 1. The molecule has 13 nitrogen and oxygen atoms in total. The second-order valence-electron chi connectivity index (χ2n) is 9.52. The first kappa shape index (κ1) is 23.8. The Hall–Kier alpha value is -2.97. The second kappa shape index (κ2) is 8.60. The van der Waals surface area contributed by atoms with Crippen LogP contribution in [0, 0.1) is 10.1 Å². The van der Waals surface area contributed by atoms with Gasteiger partial charge in [-0.05, 0) is 39.8 Å². The predicted molar refractivity (Wildman–Crippen MR) is 115 cm³/mol. The highest BCUT2D eigenvalue weighted by atomic mass is 16.9. The van der Waals surface area contributed by atoms with Crippen LogP contribution in [-0.4, -0.2) is 68.2 Å². The molecule has 1 aromatic carbocycles. The molecule has 188 valence electrons. The SMILES string of the molecule is CC1(C)O[C@H]2OC(Cn3cc(COC(=O)c4ccc([N+](=O)[O-])cc4)nn3)[C@@H]3OC(C)(C)O[C@@H]3[C@@H]2O1. The Bertz CT molecular complexity index is 1120. The van der Waals surface area contributed by atoms with Crippen LogP contribution in [0.2, 0.25) is 0 Å². The van der Waals surface area contributed by atoms with Crippen LogP contribution < -0.4 is 0 Å². The highest BCUT2D eigenvalue weighted by Crippen LogP contribution is 2.44. The van der Waals surface area contributed by atoms with Crippen LogP contribution in [0.25, 0.3) is 0 Å². The van der Waals surface area contributed by atoms with Gasteiger partial charge in [0.05, 0.1) is 23.2 Å². The van der Waals surface area contributed by atoms with Gasteiger partial charge in [0.2, 0.25) is 0 Å². The molecule has 0 radical (unpaired) electrons. The first-order chi connectivity index (χ1) is 16.5. The third-order valence-corrected chi connectivity index (χ3v) is 5.87. The number of nitrogens with zero attached hydrogens (tertiary/aromatic N) is 4. The molecule has 0 bridgehead atoms. The molecule has 0 amide bonds. The van der Waals surface area contributed by atoms with Crippen LogP contribution in [0.5, 0.6) is 0 Å². The molecular weight excluding hydrogens is 464 g/mol. The molecule has 5 rings (SSSR count). The maximum atomic E-state index is 12.2. The molecule has 1 unspecified atom stereocenters. The molecule has 3 fully saturated rings. The van der Waals surface area contributed by atoms with E-state index < -0.39 is 47.1 Å². The maximum absolute atomic E-state index is 12.2. The van der Waals surface area contributed by atoms with E-state index in [1.165, 1.54) is 24.3 Å². The lowest BCUT2D eigenvalue weighted by molar-refractivity contribution is -0.384. The van der Waals surface area contributed by atoms with E-state index in [0.717, 1.165) is 0 Å². The number of carbonyl (C=O) groups excluding carboxylic acids is 1. The Morgan fingerprint density at radius 2 is 1.71 bits per heavy atom. The normalized spacial score (nSPS) is 30.5. The summed E-state index contributed by atoms with van der Waals surface area (Å²) in [6.45, 7) is 7.51. The molecule has 1 aromatic heterocycles. The summed E-state index contributed by atoms with van der Waals surface area (Å²) in [5, 5.41) is 18.9. The van der Waals surface area contributed by atoms with E-state index in [9.17, 15) is 14.9 Å². The number of benzene rings is 1. The van der Waals surface area contributed by atoms with E-state index in [1.807, 2.05) is 27.7 Å². The van der Waals surface area contributed by atoms with Gasteiger partial charge in [-0.15, -0.1) is 5.10 Å². The summed E-state index contributed by atoms with van der Waals surface area (Å²) in [6, 6.07) is 5.15.